The maximum atomic E-state index is 9.83. The summed E-state index contributed by atoms with van der Waals surface area (Å²) in [7, 11) is 0. The molecule has 0 aliphatic heterocycles. The van der Waals surface area contributed by atoms with Crippen LogP contribution in [0.25, 0.3) is 0 Å². The van der Waals surface area contributed by atoms with Crippen molar-refractivity contribution in [1.82, 2.24) is 0 Å². The number of anilines is 1. The molecule has 3 nitrogen and oxygen atoms in total. The number of para-hydroxylation sites is 1. The molecule has 1 unspecified atom stereocenters. The average Bonchev–Trinajstić information content (AvgIpc) is 2.37. The second-order valence-electron chi connectivity index (χ2n) is 5.24. The molecule has 0 aromatic heterocycles. The molecule has 0 spiro atoms. The third-order valence-corrected chi connectivity index (χ3v) is 3.49. The molecule has 20 heavy (non-hydrogen) atoms. The minimum Gasteiger partial charge on any atom is -0.389 e. The Morgan fingerprint density at radius 3 is 2.50 bits per heavy atom. The van der Waals surface area contributed by atoms with Gasteiger partial charge in [0, 0.05) is 13.2 Å². The van der Waals surface area contributed by atoms with Crippen LogP contribution in [0.15, 0.2) is 18.2 Å². The van der Waals surface area contributed by atoms with Crippen LogP contribution in [0.3, 0.4) is 0 Å². The van der Waals surface area contributed by atoms with Crippen molar-refractivity contribution >= 4 is 28.9 Å². The summed E-state index contributed by atoms with van der Waals surface area (Å²) in [5, 5.41) is 14.0. The molecule has 0 aliphatic carbocycles. The number of aliphatic hydroxyl groups excluding tert-OH is 1. The molecular weight excluding hydrogens is 297 g/mol. The van der Waals surface area contributed by atoms with E-state index in [1.165, 1.54) is 0 Å². The van der Waals surface area contributed by atoms with Gasteiger partial charge in [-0.3, -0.25) is 0 Å². The van der Waals surface area contributed by atoms with E-state index in [-0.39, 0.29) is 0 Å². The van der Waals surface area contributed by atoms with E-state index in [2.05, 4.69) is 19.2 Å². The lowest BCUT2D eigenvalue weighted by Gasteiger charge is -2.15. The molecule has 5 heteroatoms. The topological polar surface area (TPSA) is 41.5 Å². The summed E-state index contributed by atoms with van der Waals surface area (Å²) in [5.74, 6) is 0.688. The van der Waals surface area contributed by atoms with E-state index in [4.69, 9.17) is 27.9 Å². The van der Waals surface area contributed by atoms with Crippen LogP contribution in [0.4, 0.5) is 5.69 Å². The summed E-state index contributed by atoms with van der Waals surface area (Å²) in [6, 6.07) is 5.29. The van der Waals surface area contributed by atoms with E-state index >= 15 is 0 Å². The van der Waals surface area contributed by atoms with Crippen LogP contribution >= 0.6 is 23.2 Å². The number of hydrogen-bond acceptors (Lipinski definition) is 3. The summed E-state index contributed by atoms with van der Waals surface area (Å²) < 4.78 is 5.44. The quantitative estimate of drug-likeness (QED) is 0.670. The Morgan fingerprint density at radius 1 is 1.25 bits per heavy atom. The zero-order chi connectivity index (χ0) is 15.0. The molecule has 0 saturated carbocycles. The third kappa shape index (κ3) is 6.80. The number of hydrogen-bond donors (Lipinski definition) is 2. The molecule has 1 aromatic carbocycles. The molecule has 0 fully saturated rings. The van der Waals surface area contributed by atoms with E-state index in [1.807, 2.05) is 0 Å². The first kappa shape index (κ1) is 17.6. The van der Waals surface area contributed by atoms with E-state index < -0.39 is 6.10 Å². The van der Waals surface area contributed by atoms with Gasteiger partial charge in [0.1, 0.15) is 0 Å². The Bertz CT molecular complexity index is 379. The number of rotatable bonds is 9. The first-order valence-corrected chi connectivity index (χ1v) is 7.70. The highest BCUT2D eigenvalue weighted by Gasteiger charge is 2.08. The van der Waals surface area contributed by atoms with Gasteiger partial charge in [-0.1, -0.05) is 43.1 Å². The summed E-state index contributed by atoms with van der Waals surface area (Å²) >= 11 is 12.1. The lowest BCUT2D eigenvalue weighted by molar-refractivity contribution is 0.0409. The minimum absolute atomic E-state index is 0.313. The van der Waals surface area contributed by atoms with Gasteiger partial charge in [0.25, 0.3) is 0 Å². The second-order valence-corrected chi connectivity index (χ2v) is 6.06. The molecule has 0 saturated heterocycles. The highest BCUT2D eigenvalue weighted by molar-refractivity contribution is 6.39. The van der Waals surface area contributed by atoms with Crippen molar-refractivity contribution in [1.29, 1.82) is 0 Å². The third-order valence-electron chi connectivity index (χ3n) is 2.86. The van der Waals surface area contributed by atoms with Crippen molar-refractivity contribution in [2.45, 2.75) is 32.8 Å². The van der Waals surface area contributed by atoms with Gasteiger partial charge in [-0.25, -0.2) is 0 Å². The highest BCUT2D eigenvalue weighted by atomic mass is 35.5. The highest BCUT2D eigenvalue weighted by Crippen LogP contribution is 2.29. The van der Waals surface area contributed by atoms with Gasteiger partial charge in [-0.2, -0.15) is 0 Å². The van der Waals surface area contributed by atoms with Crippen LogP contribution in [0.1, 0.15) is 26.7 Å². The van der Waals surface area contributed by atoms with Crippen LogP contribution in [-0.2, 0) is 4.74 Å². The summed E-state index contributed by atoms with van der Waals surface area (Å²) in [6.45, 7) is 5.72. The Labute approximate surface area is 131 Å². The fourth-order valence-corrected chi connectivity index (χ4v) is 2.29. The Kier molecular flexibility index (Phi) is 8.31. The molecule has 0 amide bonds. The number of benzene rings is 1. The largest absolute Gasteiger partial charge is 0.389 e. The number of aliphatic hydroxyl groups is 1. The molecule has 0 aliphatic rings. The fraction of sp³-hybridized carbons (Fsp3) is 0.600. The average molecular weight is 320 g/mol. The molecule has 0 bridgehead atoms. The van der Waals surface area contributed by atoms with Gasteiger partial charge >= 0.3 is 0 Å². The van der Waals surface area contributed by atoms with E-state index in [0.29, 0.717) is 41.4 Å². The predicted molar refractivity (Wildman–Crippen MR) is 85.8 cm³/mol. The predicted octanol–water partition coefficient (Wildman–Crippen LogP) is 4.22. The Balaban J connectivity index is 2.21. The monoisotopic (exact) mass is 319 g/mol. The van der Waals surface area contributed by atoms with Crippen LogP contribution < -0.4 is 5.32 Å². The fourth-order valence-electron chi connectivity index (χ4n) is 1.76. The van der Waals surface area contributed by atoms with Gasteiger partial charge < -0.3 is 15.2 Å². The molecule has 114 valence electrons. The Morgan fingerprint density at radius 2 is 1.90 bits per heavy atom. The number of nitrogens with one attached hydrogen (secondary N) is 1. The van der Waals surface area contributed by atoms with Crippen LogP contribution in [-0.4, -0.2) is 31.0 Å². The van der Waals surface area contributed by atoms with Gasteiger partial charge in [0.05, 0.1) is 28.4 Å². The van der Waals surface area contributed by atoms with Gasteiger partial charge in [-0.05, 0) is 30.9 Å². The first-order chi connectivity index (χ1) is 9.50. The molecular formula is C15H23Cl2NO2. The normalized spacial score (nSPS) is 12.7. The van der Waals surface area contributed by atoms with Crippen molar-refractivity contribution < 1.29 is 9.84 Å². The van der Waals surface area contributed by atoms with Crippen molar-refractivity contribution in [3.63, 3.8) is 0 Å². The smallest absolute Gasteiger partial charge is 0.0945 e. The summed E-state index contributed by atoms with van der Waals surface area (Å²) in [4.78, 5) is 0. The van der Waals surface area contributed by atoms with E-state index in [0.717, 1.165) is 12.8 Å². The van der Waals surface area contributed by atoms with E-state index in [1.54, 1.807) is 18.2 Å². The summed E-state index contributed by atoms with van der Waals surface area (Å²) in [5.41, 5.74) is 0.648. The maximum absolute atomic E-state index is 9.83. The minimum atomic E-state index is -0.582. The van der Waals surface area contributed by atoms with Crippen molar-refractivity contribution in [2.75, 3.05) is 25.1 Å². The van der Waals surface area contributed by atoms with Crippen LogP contribution in [0, 0.1) is 5.92 Å². The molecule has 1 rings (SSSR count). The zero-order valence-electron chi connectivity index (χ0n) is 12.0. The number of halogens is 2. The molecule has 2 N–H and O–H groups in total. The molecule has 1 aromatic rings. The van der Waals surface area contributed by atoms with E-state index in [9.17, 15) is 5.11 Å². The standard InChI is InChI=1S/C15H23Cl2NO2/c1-11(2)5-4-8-20-10-12(19)9-18-15-13(16)6-3-7-14(15)17/h3,6-7,11-12,18-19H,4-5,8-10H2,1-2H3. The molecule has 0 radical (unpaired) electrons. The lowest BCUT2D eigenvalue weighted by atomic mass is 10.1. The van der Waals surface area contributed by atoms with Crippen LogP contribution in [0.5, 0.6) is 0 Å². The van der Waals surface area contributed by atoms with Crippen molar-refractivity contribution in [3.05, 3.63) is 28.2 Å². The SMILES string of the molecule is CC(C)CCCOCC(O)CNc1c(Cl)cccc1Cl. The molecule has 0 heterocycles. The van der Waals surface area contributed by atoms with Gasteiger partial charge in [0.15, 0.2) is 0 Å². The first-order valence-electron chi connectivity index (χ1n) is 6.94. The van der Waals surface area contributed by atoms with Gasteiger partial charge in [-0.15, -0.1) is 0 Å². The lowest BCUT2D eigenvalue weighted by Crippen LogP contribution is -2.25. The Hall–Kier alpha value is -0.480. The van der Waals surface area contributed by atoms with Gasteiger partial charge in [0.2, 0.25) is 0 Å². The molecule has 1 atom stereocenters. The van der Waals surface area contributed by atoms with Crippen LogP contribution in [0.2, 0.25) is 10.0 Å². The second kappa shape index (κ2) is 9.46. The van der Waals surface area contributed by atoms with Crippen molar-refractivity contribution in [3.8, 4) is 0 Å². The zero-order valence-corrected chi connectivity index (χ0v) is 13.5. The van der Waals surface area contributed by atoms with Crippen molar-refractivity contribution in [2.24, 2.45) is 5.92 Å². The maximum Gasteiger partial charge on any atom is 0.0945 e. The summed E-state index contributed by atoms with van der Waals surface area (Å²) in [6.07, 6.45) is 1.58. The number of ether oxygens (including phenoxy) is 1.